The number of fused-ring (bicyclic) bond motifs is 1. The van der Waals surface area contributed by atoms with E-state index in [9.17, 15) is 4.79 Å². The summed E-state index contributed by atoms with van der Waals surface area (Å²) in [5, 5.41) is 3.54. The van der Waals surface area contributed by atoms with Gasteiger partial charge >= 0.3 is 0 Å². The van der Waals surface area contributed by atoms with E-state index in [0.29, 0.717) is 10.6 Å². The highest BCUT2D eigenvalue weighted by molar-refractivity contribution is 9.10. The molecule has 102 valence electrons. The van der Waals surface area contributed by atoms with E-state index in [1.54, 1.807) is 12.1 Å². The van der Waals surface area contributed by atoms with E-state index >= 15 is 0 Å². The van der Waals surface area contributed by atoms with E-state index < -0.39 is 0 Å². The van der Waals surface area contributed by atoms with Crippen molar-refractivity contribution in [2.75, 3.05) is 0 Å². The van der Waals surface area contributed by atoms with Crippen molar-refractivity contribution < 1.29 is 4.79 Å². The molecular formula is C16H13BrClNO. The van der Waals surface area contributed by atoms with Crippen LogP contribution < -0.4 is 5.32 Å². The SMILES string of the molecule is O=C(N[C@@H]1CCc2ccccc21)c1cc(Br)ccc1Cl. The molecule has 0 spiro atoms. The molecule has 0 bridgehead atoms. The molecule has 20 heavy (non-hydrogen) atoms. The number of benzene rings is 2. The maximum absolute atomic E-state index is 12.4. The second kappa shape index (κ2) is 5.58. The molecule has 0 radical (unpaired) electrons. The number of amides is 1. The van der Waals surface area contributed by atoms with E-state index in [2.05, 4.69) is 33.4 Å². The van der Waals surface area contributed by atoms with Crippen LogP contribution in [0.2, 0.25) is 5.02 Å². The number of aryl methyl sites for hydroxylation is 1. The Morgan fingerprint density at radius 1 is 1.25 bits per heavy atom. The summed E-state index contributed by atoms with van der Waals surface area (Å²) in [4.78, 5) is 12.4. The lowest BCUT2D eigenvalue weighted by Crippen LogP contribution is -2.27. The number of rotatable bonds is 2. The molecule has 1 atom stereocenters. The van der Waals surface area contributed by atoms with Crippen molar-refractivity contribution in [3.05, 3.63) is 68.7 Å². The first kappa shape index (κ1) is 13.7. The maximum atomic E-state index is 12.4. The van der Waals surface area contributed by atoms with E-state index in [1.807, 2.05) is 18.2 Å². The minimum Gasteiger partial charge on any atom is -0.345 e. The van der Waals surface area contributed by atoms with Gasteiger partial charge in [0.15, 0.2) is 0 Å². The molecule has 2 aromatic carbocycles. The molecule has 1 amide bonds. The zero-order valence-corrected chi connectivity index (χ0v) is 13.0. The Balaban J connectivity index is 1.82. The van der Waals surface area contributed by atoms with Crippen LogP contribution >= 0.6 is 27.5 Å². The zero-order valence-electron chi connectivity index (χ0n) is 10.7. The van der Waals surface area contributed by atoms with Crippen LogP contribution in [0, 0.1) is 0 Å². The Morgan fingerprint density at radius 3 is 2.90 bits per heavy atom. The van der Waals surface area contributed by atoms with E-state index in [1.165, 1.54) is 11.1 Å². The molecule has 0 saturated heterocycles. The van der Waals surface area contributed by atoms with Gasteiger partial charge in [-0.25, -0.2) is 0 Å². The fourth-order valence-electron chi connectivity index (χ4n) is 2.61. The number of hydrogen-bond donors (Lipinski definition) is 1. The van der Waals surface area contributed by atoms with Crippen LogP contribution in [0.1, 0.15) is 33.9 Å². The van der Waals surface area contributed by atoms with Crippen LogP contribution in [0.15, 0.2) is 46.9 Å². The highest BCUT2D eigenvalue weighted by atomic mass is 79.9. The fraction of sp³-hybridized carbons (Fsp3) is 0.188. The van der Waals surface area contributed by atoms with Crippen molar-refractivity contribution in [1.29, 1.82) is 0 Å². The van der Waals surface area contributed by atoms with Crippen LogP contribution in [-0.2, 0) is 6.42 Å². The van der Waals surface area contributed by atoms with Crippen LogP contribution in [-0.4, -0.2) is 5.91 Å². The average molecular weight is 351 g/mol. The van der Waals surface area contributed by atoms with Gasteiger partial charge in [-0.05, 0) is 42.2 Å². The van der Waals surface area contributed by atoms with Crippen molar-refractivity contribution in [2.45, 2.75) is 18.9 Å². The van der Waals surface area contributed by atoms with E-state index in [-0.39, 0.29) is 11.9 Å². The van der Waals surface area contributed by atoms with Gasteiger partial charge in [0.1, 0.15) is 0 Å². The predicted molar refractivity (Wildman–Crippen MR) is 84.1 cm³/mol. The third-order valence-corrected chi connectivity index (χ3v) is 4.43. The van der Waals surface area contributed by atoms with Gasteiger partial charge in [-0.15, -0.1) is 0 Å². The smallest absolute Gasteiger partial charge is 0.253 e. The Hall–Kier alpha value is -1.32. The average Bonchev–Trinajstić information content (AvgIpc) is 2.85. The number of hydrogen-bond acceptors (Lipinski definition) is 1. The first-order valence-corrected chi connectivity index (χ1v) is 7.66. The molecule has 3 rings (SSSR count). The quantitative estimate of drug-likeness (QED) is 0.847. The highest BCUT2D eigenvalue weighted by Gasteiger charge is 2.24. The van der Waals surface area contributed by atoms with Gasteiger partial charge in [-0.1, -0.05) is 51.8 Å². The summed E-state index contributed by atoms with van der Waals surface area (Å²) in [5.41, 5.74) is 3.04. The van der Waals surface area contributed by atoms with Crippen molar-refractivity contribution in [3.63, 3.8) is 0 Å². The second-order valence-corrected chi connectivity index (χ2v) is 6.21. The first-order chi connectivity index (χ1) is 9.65. The van der Waals surface area contributed by atoms with Gasteiger partial charge < -0.3 is 5.32 Å². The molecule has 0 heterocycles. The second-order valence-electron chi connectivity index (χ2n) is 4.89. The molecule has 2 nitrogen and oxygen atoms in total. The lowest BCUT2D eigenvalue weighted by molar-refractivity contribution is 0.0937. The molecule has 1 N–H and O–H groups in total. The Bertz CT molecular complexity index is 671. The maximum Gasteiger partial charge on any atom is 0.253 e. The largest absolute Gasteiger partial charge is 0.345 e. The van der Waals surface area contributed by atoms with Crippen molar-refractivity contribution in [2.24, 2.45) is 0 Å². The predicted octanol–water partition coefficient (Wildman–Crippen LogP) is 4.52. The molecule has 0 aromatic heterocycles. The summed E-state index contributed by atoms with van der Waals surface area (Å²) in [6, 6.07) is 13.6. The summed E-state index contributed by atoms with van der Waals surface area (Å²) in [6.45, 7) is 0. The van der Waals surface area contributed by atoms with Crippen LogP contribution in [0.5, 0.6) is 0 Å². The summed E-state index contributed by atoms with van der Waals surface area (Å²) in [7, 11) is 0. The minimum atomic E-state index is -0.127. The van der Waals surface area contributed by atoms with Crippen LogP contribution in [0.3, 0.4) is 0 Å². The Morgan fingerprint density at radius 2 is 2.05 bits per heavy atom. The molecule has 1 aliphatic carbocycles. The molecular weight excluding hydrogens is 338 g/mol. The topological polar surface area (TPSA) is 29.1 Å². The highest BCUT2D eigenvalue weighted by Crippen LogP contribution is 2.31. The van der Waals surface area contributed by atoms with E-state index in [4.69, 9.17) is 11.6 Å². The number of nitrogens with one attached hydrogen (secondary N) is 1. The van der Waals surface area contributed by atoms with Gasteiger partial charge in [0.05, 0.1) is 16.6 Å². The summed E-state index contributed by atoms with van der Waals surface area (Å²) >= 11 is 9.46. The monoisotopic (exact) mass is 349 g/mol. The van der Waals surface area contributed by atoms with Crippen molar-refractivity contribution >= 4 is 33.4 Å². The molecule has 2 aromatic rings. The standard InChI is InChI=1S/C16H13BrClNO/c17-11-6-7-14(18)13(9-11)16(20)19-15-8-5-10-3-1-2-4-12(10)15/h1-4,6-7,9,15H,5,8H2,(H,19,20)/t15-/m1/s1. The van der Waals surface area contributed by atoms with Gasteiger partial charge in [-0.3, -0.25) is 4.79 Å². The molecule has 0 unspecified atom stereocenters. The van der Waals surface area contributed by atoms with Crippen molar-refractivity contribution in [1.82, 2.24) is 5.32 Å². The molecule has 0 fully saturated rings. The summed E-state index contributed by atoms with van der Waals surface area (Å²) in [6.07, 6.45) is 1.95. The van der Waals surface area contributed by atoms with Crippen molar-refractivity contribution in [3.8, 4) is 0 Å². The fourth-order valence-corrected chi connectivity index (χ4v) is 3.18. The minimum absolute atomic E-state index is 0.0775. The van der Waals surface area contributed by atoms with Gasteiger partial charge in [0, 0.05) is 4.47 Å². The van der Waals surface area contributed by atoms with Gasteiger partial charge in [-0.2, -0.15) is 0 Å². The molecule has 1 aliphatic rings. The van der Waals surface area contributed by atoms with Gasteiger partial charge in [0.2, 0.25) is 0 Å². The number of halogens is 2. The van der Waals surface area contributed by atoms with E-state index in [0.717, 1.165) is 17.3 Å². The summed E-state index contributed by atoms with van der Waals surface area (Å²) < 4.78 is 0.846. The first-order valence-electron chi connectivity index (χ1n) is 6.49. The van der Waals surface area contributed by atoms with Crippen LogP contribution in [0.4, 0.5) is 0 Å². The lowest BCUT2D eigenvalue weighted by Gasteiger charge is -2.15. The Labute approximate surface area is 131 Å². The lowest BCUT2D eigenvalue weighted by atomic mass is 10.1. The number of carbonyl (C=O) groups excluding carboxylic acids is 1. The Kier molecular flexibility index (Phi) is 3.81. The third kappa shape index (κ3) is 2.60. The molecule has 0 aliphatic heterocycles. The number of carbonyl (C=O) groups is 1. The zero-order chi connectivity index (χ0) is 14.1. The molecule has 0 saturated carbocycles. The van der Waals surface area contributed by atoms with Crippen LogP contribution in [0.25, 0.3) is 0 Å². The molecule has 4 heteroatoms. The summed E-state index contributed by atoms with van der Waals surface area (Å²) in [5.74, 6) is -0.127. The third-order valence-electron chi connectivity index (χ3n) is 3.61. The normalized spacial score (nSPS) is 16.8. The van der Waals surface area contributed by atoms with Gasteiger partial charge in [0.25, 0.3) is 5.91 Å².